The summed E-state index contributed by atoms with van der Waals surface area (Å²) < 4.78 is 50.8. The van der Waals surface area contributed by atoms with Crippen molar-refractivity contribution in [1.82, 2.24) is 4.90 Å². The van der Waals surface area contributed by atoms with Crippen LogP contribution in [0.25, 0.3) is 0 Å². The van der Waals surface area contributed by atoms with Gasteiger partial charge in [-0.15, -0.1) is 0 Å². The molecular formula is C15H19F2NO3S. The van der Waals surface area contributed by atoms with Gasteiger partial charge in [-0.2, -0.15) is 0 Å². The molecule has 7 heteroatoms. The summed E-state index contributed by atoms with van der Waals surface area (Å²) in [6.07, 6.45) is 1.09. The van der Waals surface area contributed by atoms with Gasteiger partial charge in [-0.1, -0.05) is 6.07 Å². The summed E-state index contributed by atoms with van der Waals surface area (Å²) in [6, 6.07) is 3.53. The molecule has 1 N–H and O–H groups in total. The summed E-state index contributed by atoms with van der Waals surface area (Å²) in [5, 5.41) is 10.2. The number of aliphatic hydroxyl groups excluding tert-OH is 1. The molecule has 4 nitrogen and oxygen atoms in total. The summed E-state index contributed by atoms with van der Waals surface area (Å²) in [4.78, 5) is 1.92. The second kappa shape index (κ2) is 5.86. The number of rotatable bonds is 5. The van der Waals surface area contributed by atoms with E-state index in [0.717, 1.165) is 25.0 Å². The highest BCUT2D eigenvalue weighted by atomic mass is 32.2. The first kappa shape index (κ1) is 15.8. The Labute approximate surface area is 128 Å². The second-order valence-corrected chi connectivity index (χ2v) is 8.36. The van der Waals surface area contributed by atoms with Gasteiger partial charge in [0, 0.05) is 18.6 Å². The lowest BCUT2D eigenvalue weighted by Gasteiger charge is -2.30. The zero-order chi connectivity index (χ0) is 15.9. The number of hydrogen-bond acceptors (Lipinski definition) is 4. The molecule has 1 saturated heterocycles. The van der Waals surface area contributed by atoms with E-state index in [1.807, 2.05) is 4.90 Å². The van der Waals surface area contributed by atoms with E-state index in [9.17, 15) is 22.3 Å². The summed E-state index contributed by atoms with van der Waals surface area (Å²) in [7, 11) is -3.03. The lowest BCUT2D eigenvalue weighted by Crippen LogP contribution is -2.41. The molecule has 2 atom stereocenters. The third-order valence-electron chi connectivity index (χ3n) is 4.41. The minimum atomic E-state index is -3.03. The predicted octanol–water partition coefficient (Wildman–Crippen LogP) is 1.65. The highest BCUT2D eigenvalue weighted by Crippen LogP contribution is 2.34. The van der Waals surface area contributed by atoms with Gasteiger partial charge in [0.25, 0.3) is 0 Å². The molecule has 122 valence electrons. The Morgan fingerprint density at radius 1 is 1.18 bits per heavy atom. The topological polar surface area (TPSA) is 57.6 Å². The van der Waals surface area contributed by atoms with E-state index >= 15 is 0 Å². The fourth-order valence-corrected chi connectivity index (χ4v) is 4.90. The van der Waals surface area contributed by atoms with Gasteiger partial charge in [0.05, 0.1) is 23.2 Å². The summed E-state index contributed by atoms with van der Waals surface area (Å²) in [6.45, 7) is 0.0582. The average molecular weight is 331 g/mol. The van der Waals surface area contributed by atoms with Crippen molar-refractivity contribution in [3.63, 3.8) is 0 Å². The van der Waals surface area contributed by atoms with E-state index in [2.05, 4.69) is 0 Å². The van der Waals surface area contributed by atoms with Crippen LogP contribution >= 0.6 is 0 Å². The molecule has 1 aromatic carbocycles. The molecule has 1 aliphatic carbocycles. The third-order valence-corrected chi connectivity index (χ3v) is 6.16. The molecule has 22 heavy (non-hydrogen) atoms. The van der Waals surface area contributed by atoms with Gasteiger partial charge in [0.15, 0.2) is 9.84 Å². The zero-order valence-corrected chi connectivity index (χ0v) is 12.9. The zero-order valence-electron chi connectivity index (χ0n) is 12.1. The Morgan fingerprint density at radius 2 is 1.82 bits per heavy atom. The van der Waals surface area contributed by atoms with Gasteiger partial charge < -0.3 is 5.11 Å². The SMILES string of the molecule is O=S1(=O)CCC(N(CC(O)c2c(F)cccc2F)C2CC2)C1. The predicted molar refractivity (Wildman–Crippen MR) is 78.1 cm³/mol. The van der Waals surface area contributed by atoms with Crippen LogP contribution in [0.3, 0.4) is 0 Å². The fraction of sp³-hybridized carbons (Fsp3) is 0.600. The molecule has 1 saturated carbocycles. The molecule has 1 aliphatic heterocycles. The number of aliphatic hydroxyl groups is 1. The van der Waals surface area contributed by atoms with E-state index in [0.29, 0.717) is 6.42 Å². The lowest BCUT2D eigenvalue weighted by atomic mass is 10.1. The van der Waals surface area contributed by atoms with Crippen molar-refractivity contribution in [1.29, 1.82) is 0 Å². The van der Waals surface area contributed by atoms with Crippen LogP contribution in [0.15, 0.2) is 18.2 Å². The maximum absolute atomic E-state index is 13.8. The van der Waals surface area contributed by atoms with Gasteiger partial charge in [0.1, 0.15) is 11.6 Å². The molecule has 2 fully saturated rings. The van der Waals surface area contributed by atoms with Crippen molar-refractivity contribution < 1.29 is 22.3 Å². The highest BCUT2D eigenvalue weighted by molar-refractivity contribution is 7.91. The molecule has 0 amide bonds. The van der Waals surface area contributed by atoms with Crippen molar-refractivity contribution in [2.75, 3.05) is 18.1 Å². The molecule has 1 heterocycles. The quantitative estimate of drug-likeness (QED) is 0.891. The molecule has 1 aromatic rings. The molecule has 3 rings (SSSR count). The molecule has 0 aromatic heterocycles. The Morgan fingerprint density at radius 3 is 2.32 bits per heavy atom. The molecule has 0 radical (unpaired) electrons. The van der Waals surface area contributed by atoms with Crippen LogP contribution in [0.4, 0.5) is 8.78 Å². The summed E-state index contributed by atoms with van der Waals surface area (Å²) >= 11 is 0. The van der Waals surface area contributed by atoms with Gasteiger partial charge in [-0.25, -0.2) is 17.2 Å². The fourth-order valence-electron chi connectivity index (χ4n) is 3.16. The number of nitrogens with zero attached hydrogens (tertiary/aromatic N) is 1. The summed E-state index contributed by atoms with van der Waals surface area (Å²) in [5.74, 6) is -1.34. The average Bonchev–Trinajstić information content (AvgIpc) is 3.20. The van der Waals surface area contributed by atoms with Crippen LogP contribution in [-0.2, 0) is 9.84 Å². The third kappa shape index (κ3) is 3.31. The molecular weight excluding hydrogens is 312 g/mol. The maximum Gasteiger partial charge on any atom is 0.151 e. The highest BCUT2D eigenvalue weighted by Gasteiger charge is 2.40. The van der Waals surface area contributed by atoms with Crippen molar-refractivity contribution in [2.45, 2.75) is 37.5 Å². The minimum Gasteiger partial charge on any atom is -0.387 e. The largest absolute Gasteiger partial charge is 0.387 e. The van der Waals surface area contributed by atoms with Crippen molar-refractivity contribution in [3.8, 4) is 0 Å². The molecule has 0 spiro atoms. The first-order valence-electron chi connectivity index (χ1n) is 7.45. The molecule has 2 unspecified atom stereocenters. The Bertz CT molecular complexity index is 641. The van der Waals surface area contributed by atoms with Crippen molar-refractivity contribution in [3.05, 3.63) is 35.4 Å². The summed E-state index contributed by atoms with van der Waals surface area (Å²) in [5.41, 5.74) is -0.339. The van der Waals surface area contributed by atoms with Gasteiger partial charge in [-0.3, -0.25) is 4.90 Å². The maximum atomic E-state index is 13.8. The van der Waals surface area contributed by atoms with E-state index < -0.39 is 27.6 Å². The lowest BCUT2D eigenvalue weighted by molar-refractivity contribution is 0.0824. The Balaban J connectivity index is 1.77. The number of hydrogen-bond donors (Lipinski definition) is 1. The van der Waals surface area contributed by atoms with Crippen LogP contribution in [0.2, 0.25) is 0 Å². The first-order valence-corrected chi connectivity index (χ1v) is 9.27. The second-order valence-electron chi connectivity index (χ2n) is 6.14. The van der Waals surface area contributed by atoms with Crippen LogP contribution in [0.1, 0.15) is 30.9 Å². The Hall–Kier alpha value is -1.05. The number of benzene rings is 1. The van der Waals surface area contributed by atoms with Crippen LogP contribution in [0, 0.1) is 11.6 Å². The van der Waals surface area contributed by atoms with E-state index in [4.69, 9.17) is 0 Å². The van der Waals surface area contributed by atoms with E-state index in [-0.39, 0.29) is 35.7 Å². The monoisotopic (exact) mass is 331 g/mol. The first-order chi connectivity index (χ1) is 10.4. The van der Waals surface area contributed by atoms with Gasteiger partial charge in [0.2, 0.25) is 0 Å². The minimum absolute atomic E-state index is 0.0582. The van der Waals surface area contributed by atoms with Crippen molar-refractivity contribution in [2.24, 2.45) is 0 Å². The number of sulfone groups is 1. The van der Waals surface area contributed by atoms with Crippen LogP contribution in [0.5, 0.6) is 0 Å². The standard InChI is InChI=1S/C15H19F2NO3S/c16-12-2-1-3-13(17)15(12)14(19)8-18(10-4-5-10)11-6-7-22(20,21)9-11/h1-3,10-11,14,19H,4-9H2. The molecule has 2 aliphatic rings. The van der Waals surface area contributed by atoms with E-state index in [1.54, 1.807) is 0 Å². The van der Waals surface area contributed by atoms with Gasteiger partial charge in [-0.05, 0) is 31.4 Å². The smallest absolute Gasteiger partial charge is 0.151 e. The van der Waals surface area contributed by atoms with Crippen LogP contribution < -0.4 is 0 Å². The van der Waals surface area contributed by atoms with Gasteiger partial charge >= 0.3 is 0 Å². The van der Waals surface area contributed by atoms with E-state index in [1.165, 1.54) is 6.07 Å². The Kier molecular flexibility index (Phi) is 4.22. The number of halogens is 2. The van der Waals surface area contributed by atoms with Crippen LogP contribution in [-0.4, -0.2) is 48.6 Å². The van der Waals surface area contributed by atoms with Crippen molar-refractivity contribution >= 4 is 9.84 Å². The molecule has 0 bridgehead atoms. The normalized spacial score (nSPS) is 25.5.